The van der Waals surface area contributed by atoms with Gasteiger partial charge < -0.3 is 10.1 Å². The number of methoxy groups -OCH3 is 1. The topological polar surface area (TPSA) is 104 Å². The maximum atomic E-state index is 13.0. The number of nitrogens with one attached hydrogen (secondary N) is 2. The molecule has 2 N–H and O–H groups in total. The van der Waals surface area contributed by atoms with Crippen molar-refractivity contribution in [3.8, 4) is 5.75 Å². The summed E-state index contributed by atoms with van der Waals surface area (Å²) in [4.78, 5) is 12.3. The van der Waals surface area contributed by atoms with Crippen molar-refractivity contribution in [2.45, 2.75) is 18.4 Å². The summed E-state index contributed by atoms with van der Waals surface area (Å²) in [7, 11) is -0.897. The van der Waals surface area contributed by atoms with Gasteiger partial charge in [0.05, 0.1) is 25.4 Å². The Hall–Kier alpha value is -2.91. The lowest BCUT2D eigenvalue weighted by atomic mass is 10.2. The van der Waals surface area contributed by atoms with Gasteiger partial charge in [0.25, 0.3) is 0 Å². The third kappa shape index (κ3) is 4.15. The highest BCUT2D eigenvalue weighted by atomic mass is 32.2. The summed E-state index contributed by atoms with van der Waals surface area (Å²) < 4.78 is 32.0. The maximum Gasteiger partial charge on any atom is 0.245 e. The number of amides is 1. The van der Waals surface area contributed by atoms with Crippen molar-refractivity contribution in [2.24, 2.45) is 0 Å². The molecule has 1 amide bonds. The van der Waals surface area contributed by atoms with E-state index in [-0.39, 0.29) is 11.4 Å². The molecule has 8 nitrogen and oxygen atoms in total. The van der Waals surface area contributed by atoms with Crippen LogP contribution in [0.1, 0.15) is 11.1 Å². The van der Waals surface area contributed by atoms with Crippen LogP contribution in [0.4, 0.5) is 0 Å². The summed E-state index contributed by atoms with van der Waals surface area (Å²) in [6.07, 6.45) is 1.57. The van der Waals surface area contributed by atoms with Crippen molar-refractivity contribution in [3.05, 3.63) is 53.7 Å². The molecule has 0 unspecified atom stereocenters. The average molecular weight is 402 g/mol. The lowest BCUT2D eigenvalue weighted by Gasteiger charge is -2.18. The number of carbonyl (C=O) groups is 1. The number of ether oxygens (including phenoxy) is 1. The predicted octanol–water partition coefficient (Wildman–Crippen LogP) is 1.82. The molecule has 1 aromatic heterocycles. The Labute approximate surface area is 163 Å². The summed E-state index contributed by atoms with van der Waals surface area (Å²) in [5.41, 5.74) is 2.11. The molecule has 0 aliphatic rings. The van der Waals surface area contributed by atoms with Gasteiger partial charge in [-0.1, -0.05) is 12.1 Å². The van der Waals surface area contributed by atoms with E-state index in [4.69, 9.17) is 4.74 Å². The number of sulfonamides is 1. The molecule has 0 bridgehead atoms. The number of hydrogen-bond donors (Lipinski definition) is 2. The number of aromatic amines is 1. The van der Waals surface area contributed by atoms with Crippen molar-refractivity contribution < 1.29 is 17.9 Å². The Morgan fingerprint density at radius 1 is 1.25 bits per heavy atom. The molecule has 1 heterocycles. The van der Waals surface area contributed by atoms with Gasteiger partial charge >= 0.3 is 0 Å². The molecule has 3 rings (SSSR count). The van der Waals surface area contributed by atoms with Crippen molar-refractivity contribution >= 4 is 26.8 Å². The highest BCUT2D eigenvalue weighted by Gasteiger charge is 2.26. The van der Waals surface area contributed by atoms with Gasteiger partial charge in [-0.3, -0.25) is 9.89 Å². The van der Waals surface area contributed by atoms with Crippen LogP contribution in [0.15, 0.2) is 47.5 Å². The number of aryl methyl sites for hydroxylation is 1. The zero-order valence-corrected chi connectivity index (χ0v) is 16.7. The Morgan fingerprint density at radius 3 is 2.64 bits per heavy atom. The lowest BCUT2D eigenvalue weighted by Crippen LogP contribution is -2.38. The molecule has 0 saturated heterocycles. The molecule has 0 aliphatic carbocycles. The minimum absolute atomic E-state index is 0.102. The number of hydrogen-bond acceptors (Lipinski definition) is 5. The molecule has 0 fully saturated rings. The molecule has 0 atom stereocenters. The second-order valence-corrected chi connectivity index (χ2v) is 8.50. The van der Waals surface area contributed by atoms with E-state index in [0.717, 1.165) is 21.2 Å². The van der Waals surface area contributed by atoms with Gasteiger partial charge in [-0.25, -0.2) is 8.42 Å². The maximum absolute atomic E-state index is 13.0. The van der Waals surface area contributed by atoms with Crippen molar-refractivity contribution in [1.82, 2.24) is 19.8 Å². The fourth-order valence-corrected chi connectivity index (χ4v) is 4.21. The van der Waals surface area contributed by atoms with Crippen LogP contribution in [0.25, 0.3) is 10.9 Å². The number of carbonyl (C=O) groups excluding carboxylic acids is 1. The van der Waals surface area contributed by atoms with Crippen LogP contribution in [0.2, 0.25) is 0 Å². The first-order chi connectivity index (χ1) is 13.3. The zero-order chi connectivity index (χ0) is 20.3. The molecule has 3 aromatic rings. The number of rotatable bonds is 7. The van der Waals surface area contributed by atoms with Gasteiger partial charge in [0.15, 0.2) is 0 Å². The van der Waals surface area contributed by atoms with Crippen LogP contribution in [-0.2, 0) is 21.4 Å². The summed E-state index contributed by atoms with van der Waals surface area (Å²) >= 11 is 0. The van der Waals surface area contributed by atoms with E-state index in [1.807, 2.05) is 25.1 Å². The van der Waals surface area contributed by atoms with E-state index in [9.17, 15) is 13.2 Å². The summed E-state index contributed by atoms with van der Waals surface area (Å²) in [6.45, 7) is 1.82. The molecule has 2 aromatic carbocycles. The molecule has 28 heavy (non-hydrogen) atoms. The van der Waals surface area contributed by atoms with Crippen molar-refractivity contribution in [2.75, 3.05) is 20.7 Å². The normalized spacial score (nSPS) is 11.7. The summed E-state index contributed by atoms with van der Waals surface area (Å²) in [6, 6.07) is 10.7. The largest absolute Gasteiger partial charge is 0.497 e. The molecular weight excluding hydrogens is 380 g/mol. The molecule has 0 spiro atoms. The van der Waals surface area contributed by atoms with E-state index in [1.165, 1.54) is 7.05 Å². The van der Waals surface area contributed by atoms with E-state index >= 15 is 0 Å². The Balaban J connectivity index is 1.69. The first kappa shape index (κ1) is 19.8. The SMILES string of the molecule is COc1ccc(CNC(=O)CN(C)S(=O)(=O)c2cc(C)cc3cn[nH]c23)cc1. The van der Waals surface area contributed by atoms with E-state index in [1.54, 1.807) is 31.5 Å². The fraction of sp³-hybridized carbons (Fsp3) is 0.263. The Kier molecular flexibility index (Phi) is 5.66. The van der Waals surface area contributed by atoms with Crippen LogP contribution in [0.3, 0.4) is 0 Å². The van der Waals surface area contributed by atoms with Crippen LogP contribution in [0.5, 0.6) is 5.75 Å². The second kappa shape index (κ2) is 7.99. The summed E-state index contributed by atoms with van der Waals surface area (Å²) in [5.74, 6) is 0.333. The van der Waals surface area contributed by atoms with Crippen molar-refractivity contribution in [1.29, 1.82) is 0 Å². The Morgan fingerprint density at radius 2 is 1.96 bits per heavy atom. The molecular formula is C19H22N4O4S. The van der Waals surface area contributed by atoms with Gasteiger partial charge in [-0.15, -0.1) is 0 Å². The van der Waals surface area contributed by atoms with Gasteiger partial charge in [-0.2, -0.15) is 9.40 Å². The number of likely N-dealkylation sites (N-methyl/N-ethyl adjacent to an activating group) is 1. The van der Waals surface area contributed by atoms with E-state index in [0.29, 0.717) is 17.4 Å². The molecule has 148 valence electrons. The third-order valence-corrected chi connectivity index (χ3v) is 6.19. The number of aromatic nitrogens is 2. The fourth-order valence-electron chi connectivity index (χ4n) is 2.83. The second-order valence-electron chi connectivity index (χ2n) is 6.48. The molecule has 0 aliphatic heterocycles. The number of fused-ring (bicyclic) bond motifs is 1. The van der Waals surface area contributed by atoms with Gasteiger partial charge in [0.2, 0.25) is 15.9 Å². The number of nitrogens with zero attached hydrogens (tertiary/aromatic N) is 2. The smallest absolute Gasteiger partial charge is 0.245 e. The lowest BCUT2D eigenvalue weighted by molar-refractivity contribution is -0.121. The quantitative estimate of drug-likeness (QED) is 0.627. The minimum atomic E-state index is -3.86. The van der Waals surface area contributed by atoms with Crippen LogP contribution in [0, 0.1) is 6.92 Å². The highest BCUT2D eigenvalue weighted by molar-refractivity contribution is 7.89. The van der Waals surface area contributed by atoms with Gasteiger partial charge in [0.1, 0.15) is 10.6 Å². The van der Waals surface area contributed by atoms with Gasteiger partial charge in [0, 0.05) is 19.0 Å². The monoisotopic (exact) mass is 402 g/mol. The van der Waals surface area contributed by atoms with Crippen molar-refractivity contribution in [3.63, 3.8) is 0 Å². The molecule has 9 heteroatoms. The Bertz CT molecular complexity index is 1090. The predicted molar refractivity (Wildman–Crippen MR) is 105 cm³/mol. The minimum Gasteiger partial charge on any atom is -0.497 e. The van der Waals surface area contributed by atoms with Crippen LogP contribution >= 0.6 is 0 Å². The van der Waals surface area contributed by atoms with Crippen LogP contribution in [-0.4, -0.2) is 49.5 Å². The standard InChI is InChI=1S/C19H22N4O4S/c1-13-8-15-11-21-22-19(15)17(9-13)28(25,26)23(2)12-18(24)20-10-14-4-6-16(27-3)7-5-14/h4-9,11H,10,12H2,1-3H3,(H,20,24)(H,21,22). The zero-order valence-electron chi connectivity index (χ0n) is 15.9. The van der Waals surface area contributed by atoms with E-state index in [2.05, 4.69) is 15.5 Å². The average Bonchev–Trinajstić information content (AvgIpc) is 3.14. The highest BCUT2D eigenvalue weighted by Crippen LogP contribution is 2.25. The first-order valence-corrected chi connectivity index (χ1v) is 10.0. The third-order valence-electron chi connectivity index (χ3n) is 4.36. The van der Waals surface area contributed by atoms with E-state index < -0.39 is 15.9 Å². The summed E-state index contributed by atoms with van der Waals surface area (Å²) in [5, 5.41) is 10.1. The van der Waals surface area contributed by atoms with Crippen LogP contribution < -0.4 is 10.1 Å². The molecule has 0 saturated carbocycles. The van der Waals surface area contributed by atoms with Gasteiger partial charge in [-0.05, 0) is 42.3 Å². The number of benzene rings is 2. The molecule has 0 radical (unpaired) electrons. The first-order valence-electron chi connectivity index (χ1n) is 8.61. The number of H-pyrrole nitrogens is 1.